The van der Waals surface area contributed by atoms with Crippen LogP contribution in [0, 0.1) is 0 Å². The lowest BCUT2D eigenvalue weighted by molar-refractivity contribution is -0.139. The number of allylic oxidation sites excluding steroid dienone is 1. The summed E-state index contributed by atoms with van der Waals surface area (Å²) in [7, 11) is 4.50. The summed E-state index contributed by atoms with van der Waals surface area (Å²) in [6, 6.07) is 9.37. The van der Waals surface area contributed by atoms with Gasteiger partial charge >= 0.3 is 11.9 Å². The van der Waals surface area contributed by atoms with Gasteiger partial charge in [-0.25, -0.2) is 9.79 Å². The second kappa shape index (κ2) is 11.6. The summed E-state index contributed by atoms with van der Waals surface area (Å²) >= 11 is 1.19. The van der Waals surface area contributed by atoms with Crippen molar-refractivity contribution in [2.75, 3.05) is 27.9 Å². The largest absolute Gasteiger partial charge is 0.493 e. The lowest BCUT2D eigenvalue weighted by Crippen LogP contribution is -2.40. The molecule has 204 valence electrons. The number of carbonyl (C=O) groups is 2. The number of thiazole rings is 1. The molecule has 0 spiro atoms. The van der Waals surface area contributed by atoms with Gasteiger partial charge in [0, 0.05) is 12.5 Å². The summed E-state index contributed by atoms with van der Waals surface area (Å²) in [5, 5.41) is 0. The van der Waals surface area contributed by atoms with Crippen molar-refractivity contribution in [2.24, 2.45) is 4.99 Å². The van der Waals surface area contributed by atoms with Gasteiger partial charge in [0.15, 0.2) is 27.8 Å². The molecule has 3 aromatic rings. The minimum absolute atomic E-state index is 0.150. The molecule has 10 nitrogen and oxygen atoms in total. The topological polar surface area (TPSA) is 115 Å². The van der Waals surface area contributed by atoms with E-state index in [0.29, 0.717) is 37.7 Å². The molecular weight excluding hydrogens is 524 g/mol. The first-order chi connectivity index (χ1) is 18.7. The molecule has 2 heterocycles. The molecule has 0 fully saturated rings. The lowest BCUT2D eigenvalue weighted by atomic mass is 9.95. The number of nitrogens with zero attached hydrogens (tertiary/aromatic N) is 2. The SMILES string of the molecule is CCOC(=O)C1=C(C)N=c2s/c(=C/c3cccc(OC)c3OC)c(=O)n2[C@@H]1c1ccc(OC(C)=O)c(OC)c1. The summed E-state index contributed by atoms with van der Waals surface area (Å²) in [5.74, 6) is 0.392. The molecule has 1 atom stereocenters. The van der Waals surface area contributed by atoms with Crippen molar-refractivity contribution >= 4 is 29.4 Å². The van der Waals surface area contributed by atoms with Crippen LogP contribution < -0.4 is 33.8 Å². The van der Waals surface area contributed by atoms with Gasteiger partial charge in [0.2, 0.25) is 0 Å². The quantitative estimate of drug-likeness (QED) is 0.310. The maximum absolute atomic E-state index is 13.9. The third-order valence-corrected chi connectivity index (χ3v) is 6.98. The van der Waals surface area contributed by atoms with Crippen LogP contribution in [0.15, 0.2) is 57.5 Å². The van der Waals surface area contributed by atoms with Gasteiger partial charge in [-0.2, -0.15) is 0 Å². The van der Waals surface area contributed by atoms with Gasteiger partial charge in [-0.1, -0.05) is 29.5 Å². The van der Waals surface area contributed by atoms with Crippen molar-refractivity contribution in [3.05, 3.63) is 78.5 Å². The molecule has 0 saturated heterocycles. The zero-order valence-electron chi connectivity index (χ0n) is 22.4. The number of esters is 2. The molecule has 1 aliphatic rings. The zero-order valence-corrected chi connectivity index (χ0v) is 23.2. The number of ether oxygens (including phenoxy) is 5. The fourth-order valence-electron chi connectivity index (χ4n) is 4.37. The van der Waals surface area contributed by atoms with E-state index < -0.39 is 18.0 Å². The van der Waals surface area contributed by atoms with Crippen molar-refractivity contribution in [2.45, 2.75) is 26.8 Å². The Morgan fingerprint density at radius 3 is 2.44 bits per heavy atom. The van der Waals surface area contributed by atoms with Gasteiger partial charge in [0.1, 0.15) is 0 Å². The Bertz CT molecular complexity index is 1650. The van der Waals surface area contributed by atoms with Gasteiger partial charge in [-0.05, 0) is 43.7 Å². The Labute approximate surface area is 228 Å². The van der Waals surface area contributed by atoms with Gasteiger partial charge in [-0.3, -0.25) is 14.2 Å². The van der Waals surface area contributed by atoms with E-state index in [1.807, 2.05) is 6.07 Å². The summed E-state index contributed by atoms with van der Waals surface area (Å²) in [6.45, 7) is 4.84. The second-order valence-electron chi connectivity index (χ2n) is 8.39. The molecule has 0 amide bonds. The first kappa shape index (κ1) is 27.6. The van der Waals surface area contributed by atoms with Crippen molar-refractivity contribution in [3.63, 3.8) is 0 Å². The van der Waals surface area contributed by atoms with Crippen LogP contribution in [-0.4, -0.2) is 44.4 Å². The zero-order chi connectivity index (χ0) is 28.3. The Morgan fingerprint density at radius 1 is 1.05 bits per heavy atom. The highest BCUT2D eigenvalue weighted by Gasteiger charge is 2.34. The van der Waals surface area contributed by atoms with Crippen molar-refractivity contribution in [3.8, 4) is 23.0 Å². The molecule has 0 radical (unpaired) electrons. The van der Waals surface area contributed by atoms with Crippen molar-refractivity contribution < 1.29 is 33.3 Å². The second-order valence-corrected chi connectivity index (χ2v) is 9.40. The van der Waals surface area contributed by atoms with E-state index in [-0.39, 0.29) is 29.2 Å². The molecule has 39 heavy (non-hydrogen) atoms. The van der Waals surface area contributed by atoms with Crippen LogP contribution in [0.25, 0.3) is 6.08 Å². The average Bonchev–Trinajstić information content (AvgIpc) is 3.21. The highest BCUT2D eigenvalue weighted by atomic mass is 32.1. The molecule has 1 aliphatic heterocycles. The number of para-hydroxylation sites is 1. The summed E-state index contributed by atoms with van der Waals surface area (Å²) in [4.78, 5) is 43.6. The number of fused-ring (bicyclic) bond motifs is 1. The van der Waals surface area contributed by atoms with Gasteiger partial charge in [0.05, 0.1) is 49.8 Å². The monoisotopic (exact) mass is 552 g/mol. The molecule has 0 bridgehead atoms. The average molecular weight is 553 g/mol. The fraction of sp³-hybridized carbons (Fsp3) is 0.286. The van der Waals surface area contributed by atoms with E-state index >= 15 is 0 Å². The van der Waals surface area contributed by atoms with E-state index in [1.165, 1.54) is 44.2 Å². The van der Waals surface area contributed by atoms with E-state index in [0.717, 1.165) is 0 Å². The van der Waals surface area contributed by atoms with E-state index in [9.17, 15) is 14.4 Å². The van der Waals surface area contributed by atoms with Crippen LogP contribution in [-0.2, 0) is 14.3 Å². The Kier molecular flexibility index (Phi) is 8.20. The smallest absolute Gasteiger partial charge is 0.338 e. The third kappa shape index (κ3) is 5.30. The Hall–Kier alpha value is -4.38. The first-order valence-corrected chi connectivity index (χ1v) is 12.8. The van der Waals surface area contributed by atoms with Crippen LogP contribution >= 0.6 is 11.3 Å². The molecular formula is C28H28N2O8S. The number of carbonyl (C=O) groups excluding carboxylic acids is 2. The molecule has 0 aliphatic carbocycles. The summed E-state index contributed by atoms with van der Waals surface area (Å²) in [5.41, 5.74) is 1.48. The lowest BCUT2D eigenvalue weighted by Gasteiger charge is -2.25. The van der Waals surface area contributed by atoms with E-state index in [2.05, 4.69) is 4.99 Å². The minimum Gasteiger partial charge on any atom is -0.493 e. The minimum atomic E-state index is -0.866. The van der Waals surface area contributed by atoms with Crippen molar-refractivity contribution in [1.29, 1.82) is 0 Å². The molecule has 0 saturated carbocycles. The number of hydrogen-bond acceptors (Lipinski definition) is 10. The maximum atomic E-state index is 13.9. The number of hydrogen-bond donors (Lipinski definition) is 0. The molecule has 11 heteroatoms. The van der Waals surface area contributed by atoms with Gasteiger partial charge in [-0.15, -0.1) is 0 Å². The number of aromatic nitrogens is 1. The highest BCUT2D eigenvalue weighted by Crippen LogP contribution is 2.36. The van der Waals surface area contributed by atoms with Crippen LogP contribution in [0.2, 0.25) is 0 Å². The molecule has 1 aromatic heterocycles. The fourth-order valence-corrected chi connectivity index (χ4v) is 5.40. The summed E-state index contributed by atoms with van der Waals surface area (Å²) in [6.07, 6.45) is 1.70. The van der Waals surface area contributed by atoms with Gasteiger partial charge in [0.25, 0.3) is 5.56 Å². The standard InChI is InChI=1S/C28H28N2O8S/c1-7-37-27(33)23-15(2)29-28-30(24(23)17-11-12-19(38-16(3)31)21(13-17)35-5)26(32)22(39-28)14-18-9-8-10-20(34-4)25(18)36-6/h8-14,24H,7H2,1-6H3/b22-14+/t24-/m1/s1. The van der Waals surface area contributed by atoms with E-state index in [4.69, 9.17) is 23.7 Å². The molecule has 0 unspecified atom stereocenters. The summed E-state index contributed by atoms with van der Waals surface area (Å²) < 4.78 is 28.8. The Balaban J connectivity index is 1.97. The maximum Gasteiger partial charge on any atom is 0.338 e. The highest BCUT2D eigenvalue weighted by molar-refractivity contribution is 7.07. The van der Waals surface area contributed by atoms with Crippen molar-refractivity contribution in [1.82, 2.24) is 4.57 Å². The van der Waals surface area contributed by atoms with Crippen LogP contribution in [0.3, 0.4) is 0 Å². The first-order valence-electron chi connectivity index (χ1n) is 12.0. The Morgan fingerprint density at radius 2 is 1.79 bits per heavy atom. The molecule has 4 rings (SSSR count). The number of benzene rings is 2. The predicted molar refractivity (Wildman–Crippen MR) is 144 cm³/mol. The normalized spacial score (nSPS) is 14.8. The molecule has 2 aromatic carbocycles. The van der Waals surface area contributed by atoms with Crippen LogP contribution in [0.5, 0.6) is 23.0 Å². The van der Waals surface area contributed by atoms with E-state index in [1.54, 1.807) is 50.3 Å². The molecule has 0 N–H and O–H groups in total. The number of rotatable bonds is 8. The predicted octanol–water partition coefficient (Wildman–Crippen LogP) is 2.75. The third-order valence-electron chi connectivity index (χ3n) is 5.99. The van der Waals surface area contributed by atoms with Gasteiger partial charge < -0.3 is 23.7 Å². The van der Waals surface area contributed by atoms with Crippen LogP contribution in [0.1, 0.15) is 37.9 Å². The number of methoxy groups -OCH3 is 3. The van der Waals surface area contributed by atoms with Crippen LogP contribution in [0.4, 0.5) is 0 Å².